The summed E-state index contributed by atoms with van der Waals surface area (Å²) in [5, 5.41) is 17.4. The van der Waals surface area contributed by atoms with Crippen molar-refractivity contribution in [3.63, 3.8) is 0 Å². The molecule has 18 heavy (non-hydrogen) atoms. The largest absolute Gasteiger partial charge is 0.507 e. The summed E-state index contributed by atoms with van der Waals surface area (Å²) < 4.78 is 64.5. The molecule has 4 N–H and O–H groups in total. The van der Waals surface area contributed by atoms with Crippen LogP contribution in [-0.2, 0) is 0 Å². The van der Waals surface area contributed by atoms with Crippen molar-refractivity contribution >= 4 is 12.4 Å². The third kappa shape index (κ3) is 2.82. The molecule has 1 rings (SSSR count). The summed E-state index contributed by atoms with van der Waals surface area (Å²) >= 11 is 0. The summed E-state index contributed by atoms with van der Waals surface area (Å²) in [6.07, 6.45) is 0. The van der Waals surface area contributed by atoms with Crippen molar-refractivity contribution in [2.75, 3.05) is 6.61 Å². The van der Waals surface area contributed by atoms with E-state index in [1.807, 2.05) is 0 Å². The number of rotatable bonds is 3. The Labute approximate surface area is 104 Å². The SMILES string of the molecule is Cl.N[C@H](c1c(O)cc(F)c(F)c1F)C(F)(F)CO. The maximum absolute atomic E-state index is 13.2. The van der Waals surface area contributed by atoms with Crippen LogP contribution in [0.4, 0.5) is 22.0 Å². The van der Waals surface area contributed by atoms with E-state index < -0.39 is 47.3 Å². The number of benzene rings is 1. The molecule has 0 spiro atoms. The molecule has 3 nitrogen and oxygen atoms in total. The number of phenolic OH excluding ortho intramolecular Hbond substituents is 1. The Morgan fingerprint density at radius 3 is 2.17 bits per heavy atom. The van der Waals surface area contributed by atoms with Crippen LogP contribution in [0.2, 0.25) is 0 Å². The van der Waals surface area contributed by atoms with Gasteiger partial charge in [-0.15, -0.1) is 12.4 Å². The highest BCUT2D eigenvalue weighted by Crippen LogP contribution is 2.36. The van der Waals surface area contributed by atoms with Crippen molar-refractivity contribution in [1.82, 2.24) is 0 Å². The lowest BCUT2D eigenvalue weighted by atomic mass is 9.99. The van der Waals surface area contributed by atoms with Gasteiger partial charge in [0.25, 0.3) is 5.92 Å². The summed E-state index contributed by atoms with van der Waals surface area (Å²) in [4.78, 5) is 0. The Kier molecular flexibility index (Phi) is 5.33. The average molecular weight is 294 g/mol. The van der Waals surface area contributed by atoms with Gasteiger partial charge in [0, 0.05) is 6.07 Å². The van der Waals surface area contributed by atoms with E-state index in [1.54, 1.807) is 0 Å². The summed E-state index contributed by atoms with van der Waals surface area (Å²) in [6, 6.07) is -2.37. The predicted octanol–water partition coefficient (Wildman–Crippen LogP) is 1.86. The molecule has 0 heterocycles. The van der Waals surface area contributed by atoms with Crippen LogP contribution in [0, 0.1) is 17.5 Å². The van der Waals surface area contributed by atoms with Gasteiger partial charge in [-0.25, -0.2) is 22.0 Å². The zero-order chi connectivity index (χ0) is 13.4. The number of hydrogen-bond donors (Lipinski definition) is 3. The van der Waals surface area contributed by atoms with Crippen LogP contribution in [-0.4, -0.2) is 22.7 Å². The molecule has 0 aromatic heterocycles. The van der Waals surface area contributed by atoms with Crippen LogP contribution < -0.4 is 5.73 Å². The molecule has 0 bridgehead atoms. The minimum absolute atomic E-state index is 0. The molecule has 1 atom stereocenters. The molecule has 1 aromatic rings. The van der Waals surface area contributed by atoms with Crippen LogP contribution in [0.1, 0.15) is 11.6 Å². The van der Waals surface area contributed by atoms with Crippen molar-refractivity contribution in [2.45, 2.75) is 12.0 Å². The maximum atomic E-state index is 13.2. The highest BCUT2D eigenvalue weighted by molar-refractivity contribution is 5.85. The molecule has 0 radical (unpaired) electrons. The molecule has 0 amide bonds. The Morgan fingerprint density at radius 1 is 1.22 bits per heavy atom. The van der Waals surface area contributed by atoms with Gasteiger partial charge in [-0.1, -0.05) is 0 Å². The zero-order valence-electron chi connectivity index (χ0n) is 8.63. The summed E-state index contributed by atoms with van der Waals surface area (Å²) in [6.45, 7) is -1.73. The van der Waals surface area contributed by atoms with E-state index in [-0.39, 0.29) is 18.5 Å². The topological polar surface area (TPSA) is 66.5 Å². The predicted molar refractivity (Wildman–Crippen MR) is 54.2 cm³/mol. The Morgan fingerprint density at radius 2 is 1.72 bits per heavy atom. The van der Waals surface area contributed by atoms with Crippen molar-refractivity contribution in [3.05, 3.63) is 29.1 Å². The number of aliphatic hydroxyl groups is 1. The third-order valence-corrected chi connectivity index (χ3v) is 2.16. The maximum Gasteiger partial charge on any atom is 0.289 e. The zero-order valence-corrected chi connectivity index (χ0v) is 9.45. The van der Waals surface area contributed by atoms with Crippen LogP contribution in [0.5, 0.6) is 5.75 Å². The minimum atomic E-state index is -3.98. The summed E-state index contributed by atoms with van der Waals surface area (Å²) in [5.41, 5.74) is 3.62. The monoisotopic (exact) mass is 293 g/mol. The van der Waals surface area contributed by atoms with Gasteiger partial charge in [-0.05, 0) is 0 Å². The number of phenols is 1. The number of hydrogen-bond acceptors (Lipinski definition) is 3. The van der Waals surface area contributed by atoms with Crippen LogP contribution in [0.3, 0.4) is 0 Å². The van der Waals surface area contributed by atoms with E-state index in [9.17, 15) is 22.0 Å². The second-order valence-electron chi connectivity index (χ2n) is 3.32. The van der Waals surface area contributed by atoms with Gasteiger partial charge in [0.2, 0.25) is 0 Å². The molecule has 0 saturated heterocycles. The first kappa shape index (κ1) is 16.9. The van der Waals surface area contributed by atoms with Gasteiger partial charge >= 0.3 is 0 Å². The fourth-order valence-electron chi connectivity index (χ4n) is 1.20. The molecule has 9 heteroatoms. The smallest absolute Gasteiger partial charge is 0.289 e. The minimum Gasteiger partial charge on any atom is -0.507 e. The highest BCUT2D eigenvalue weighted by Gasteiger charge is 2.41. The van der Waals surface area contributed by atoms with Crippen molar-refractivity contribution in [3.8, 4) is 5.75 Å². The van der Waals surface area contributed by atoms with E-state index in [4.69, 9.17) is 15.9 Å². The lowest BCUT2D eigenvalue weighted by Crippen LogP contribution is -2.37. The fourth-order valence-corrected chi connectivity index (χ4v) is 1.20. The van der Waals surface area contributed by atoms with E-state index in [2.05, 4.69) is 0 Å². The summed E-state index contributed by atoms with van der Waals surface area (Å²) in [7, 11) is 0. The van der Waals surface area contributed by atoms with Gasteiger partial charge < -0.3 is 15.9 Å². The van der Waals surface area contributed by atoms with Crippen LogP contribution in [0.25, 0.3) is 0 Å². The second-order valence-corrected chi connectivity index (χ2v) is 3.32. The Balaban J connectivity index is 0.00000289. The number of aliphatic hydroxyl groups excluding tert-OH is 1. The molecule has 0 fully saturated rings. The molecule has 0 unspecified atom stereocenters. The second kappa shape index (κ2) is 5.68. The normalized spacial score (nSPS) is 13.1. The third-order valence-electron chi connectivity index (χ3n) is 2.16. The van der Waals surface area contributed by atoms with Crippen LogP contribution >= 0.6 is 12.4 Å². The van der Waals surface area contributed by atoms with Crippen molar-refractivity contribution in [1.29, 1.82) is 0 Å². The van der Waals surface area contributed by atoms with Crippen LogP contribution in [0.15, 0.2) is 6.07 Å². The van der Waals surface area contributed by atoms with E-state index >= 15 is 0 Å². The molecule has 104 valence electrons. The van der Waals surface area contributed by atoms with Gasteiger partial charge in [0.05, 0.1) is 5.56 Å². The first-order valence-corrected chi connectivity index (χ1v) is 4.33. The van der Waals surface area contributed by atoms with Crippen molar-refractivity contribution < 1.29 is 32.2 Å². The summed E-state index contributed by atoms with van der Waals surface area (Å²) in [5.74, 6) is -11.0. The van der Waals surface area contributed by atoms with Gasteiger partial charge in [0.1, 0.15) is 18.4 Å². The molecule has 1 aromatic carbocycles. The first-order valence-electron chi connectivity index (χ1n) is 4.33. The van der Waals surface area contributed by atoms with Gasteiger partial charge in [0.15, 0.2) is 17.5 Å². The number of halogens is 6. The highest BCUT2D eigenvalue weighted by atomic mass is 35.5. The van der Waals surface area contributed by atoms with Crippen molar-refractivity contribution in [2.24, 2.45) is 5.73 Å². The molecule has 0 saturated carbocycles. The van der Waals surface area contributed by atoms with E-state index in [0.29, 0.717) is 0 Å². The van der Waals surface area contributed by atoms with E-state index in [1.165, 1.54) is 0 Å². The molecular formula is C9H9ClF5NO2. The lowest BCUT2D eigenvalue weighted by Gasteiger charge is -2.22. The standard InChI is InChI=1S/C9H8F5NO2.ClH/c10-3-1-4(17)5(7(12)6(3)11)8(15)9(13,14)2-16;/h1,8,16-17H,2,15H2;1H/t8-;/m1./s1. The lowest BCUT2D eigenvalue weighted by molar-refractivity contribution is -0.0724. The number of aromatic hydroxyl groups is 1. The Bertz CT molecular complexity index is 443. The van der Waals surface area contributed by atoms with Gasteiger partial charge in [-0.2, -0.15) is 0 Å². The molecule has 0 aliphatic carbocycles. The fraction of sp³-hybridized carbons (Fsp3) is 0.333. The number of alkyl halides is 2. The molecule has 0 aliphatic rings. The van der Waals surface area contributed by atoms with E-state index in [0.717, 1.165) is 0 Å². The molecule has 0 aliphatic heterocycles. The van der Waals surface area contributed by atoms with Gasteiger partial charge in [-0.3, -0.25) is 0 Å². The first-order chi connectivity index (χ1) is 7.72. The molecular weight excluding hydrogens is 285 g/mol. The average Bonchev–Trinajstić information content (AvgIpc) is 2.26. The number of nitrogens with two attached hydrogens (primary N) is 1. The Hall–Kier alpha value is -1.12. The quantitative estimate of drug-likeness (QED) is 0.589.